The Kier molecular flexibility index (Phi) is 4.99. The van der Waals surface area contributed by atoms with E-state index in [1.807, 2.05) is 53.9 Å². The van der Waals surface area contributed by atoms with Crippen molar-refractivity contribution in [3.8, 4) is 5.75 Å². The first-order chi connectivity index (χ1) is 15.1. The van der Waals surface area contributed by atoms with Crippen molar-refractivity contribution in [1.29, 1.82) is 0 Å². The zero-order valence-corrected chi connectivity index (χ0v) is 18.9. The van der Waals surface area contributed by atoms with Crippen molar-refractivity contribution in [2.24, 2.45) is 0 Å². The highest BCUT2D eigenvalue weighted by Crippen LogP contribution is 2.21. The largest absolute Gasteiger partial charge is 0.496 e. The van der Waals surface area contributed by atoms with Gasteiger partial charge in [-0.2, -0.15) is 0 Å². The molecular weight excluding hydrogens is 480 g/mol. The summed E-state index contributed by atoms with van der Waals surface area (Å²) in [5.74, 6) is 0.986. The van der Waals surface area contributed by atoms with E-state index in [-0.39, 0.29) is 17.8 Å². The molecule has 0 aliphatic rings. The fraction of sp³-hybridized carbons (Fsp3) is 0.136. The Morgan fingerprint density at radius 2 is 1.81 bits per heavy atom. The molecule has 0 spiro atoms. The molecule has 3 aromatic heterocycles. The smallest absolute Gasteiger partial charge is 0.352 e. The van der Waals surface area contributed by atoms with Crippen LogP contribution in [-0.4, -0.2) is 25.9 Å². The fourth-order valence-corrected chi connectivity index (χ4v) is 4.73. The first-order valence-corrected chi connectivity index (χ1v) is 11.2. The highest BCUT2D eigenvalue weighted by molar-refractivity contribution is 9.10. The summed E-state index contributed by atoms with van der Waals surface area (Å²) in [6.07, 6.45) is 0. The SMILES string of the molecule is COc1ccccc1Cn1c(=O)c2sccc2n2c(=O)n(Cc3ccc(Br)cc3)nc12. The first-order valence-electron chi connectivity index (χ1n) is 9.52. The van der Waals surface area contributed by atoms with E-state index in [0.717, 1.165) is 15.6 Å². The lowest BCUT2D eigenvalue weighted by Crippen LogP contribution is -2.26. The van der Waals surface area contributed by atoms with Gasteiger partial charge in [0.2, 0.25) is 5.78 Å². The highest BCUT2D eigenvalue weighted by atomic mass is 79.9. The van der Waals surface area contributed by atoms with Crippen molar-refractivity contribution < 1.29 is 4.74 Å². The summed E-state index contributed by atoms with van der Waals surface area (Å²) in [4.78, 5) is 26.6. The molecule has 5 rings (SSSR count). The van der Waals surface area contributed by atoms with Crippen LogP contribution in [0.4, 0.5) is 0 Å². The molecule has 0 unspecified atom stereocenters. The van der Waals surface area contributed by atoms with Gasteiger partial charge in [-0.15, -0.1) is 16.4 Å². The van der Waals surface area contributed by atoms with E-state index in [0.29, 0.717) is 28.3 Å². The quantitative estimate of drug-likeness (QED) is 0.371. The first kappa shape index (κ1) is 19.8. The summed E-state index contributed by atoms with van der Waals surface area (Å²) in [5, 5.41) is 6.37. The van der Waals surface area contributed by atoms with E-state index in [1.54, 1.807) is 13.2 Å². The van der Waals surface area contributed by atoms with Crippen LogP contribution in [0.2, 0.25) is 0 Å². The second kappa shape index (κ2) is 7.82. The average Bonchev–Trinajstić information content (AvgIpc) is 3.38. The molecule has 0 N–H and O–H groups in total. The number of hydrogen-bond donors (Lipinski definition) is 0. The van der Waals surface area contributed by atoms with Crippen LogP contribution in [-0.2, 0) is 13.1 Å². The van der Waals surface area contributed by atoms with Crippen molar-refractivity contribution >= 4 is 43.3 Å². The zero-order chi connectivity index (χ0) is 21.5. The molecule has 0 fully saturated rings. The Hall–Kier alpha value is -3.17. The molecule has 0 aliphatic heterocycles. The molecule has 3 heterocycles. The number of ether oxygens (including phenoxy) is 1. The number of fused-ring (bicyclic) bond motifs is 3. The molecule has 0 atom stereocenters. The van der Waals surface area contributed by atoms with Crippen LogP contribution in [0, 0.1) is 0 Å². The van der Waals surface area contributed by atoms with Gasteiger partial charge in [-0.3, -0.25) is 9.36 Å². The lowest BCUT2D eigenvalue weighted by Gasteiger charge is -2.11. The van der Waals surface area contributed by atoms with Crippen LogP contribution in [0.5, 0.6) is 5.75 Å². The van der Waals surface area contributed by atoms with Crippen molar-refractivity contribution in [2.45, 2.75) is 13.1 Å². The van der Waals surface area contributed by atoms with Gasteiger partial charge in [0.05, 0.1) is 25.7 Å². The molecule has 0 amide bonds. The number of thiophene rings is 1. The van der Waals surface area contributed by atoms with Gasteiger partial charge in [0.1, 0.15) is 10.4 Å². The van der Waals surface area contributed by atoms with Crippen LogP contribution in [0.1, 0.15) is 11.1 Å². The molecule has 0 radical (unpaired) electrons. The van der Waals surface area contributed by atoms with E-state index in [2.05, 4.69) is 21.0 Å². The van der Waals surface area contributed by atoms with Crippen LogP contribution in [0.15, 0.2) is 74.0 Å². The molecule has 5 aromatic rings. The van der Waals surface area contributed by atoms with Gasteiger partial charge in [0.15, 0.2) is 0 Å². The lowest BCUT2D eigenvalue weighted by atomic mass is 10.2. The maximum absolute atomic E-state index is 13.3. The van der Waals surface area contributed by atoms with Crippen LogP contribution < -0.4 is 16.0 Å². The Morgan fingerprint density at radius 3 is 2.58 bits per heavy atom. The Morgan fingerprint density at radius 1 is 1.03 bits per heavy atom. The van der Waals surface area contributed by atoms with Gasteiger partial charge in [0, 0.05) is 10.0 Å². The normalized spacial score (nSPS) is 11.4. The number of benzene rings is 2. The van der Waals surface area contributed by atoms with E-state index >= 15 is 0 Å². The number of aromatic nitrogens is 4. The van der Waals surface area contributed by atoms with E-state index in [1.165, 1.54) is 25.0 Å². The zero-order valence-electron chi connectivity index (χ0n) is 16.5. The number of hydrogen-bond acceptors (Lipinski definition) is 5. The molecule has 0 saturated heterocycles. The third-order valence-corrected chi connectivity index (χ3v) is 6.58. The summed E-state index contributed by atoms with van der Waals surface area (Å²) in [7, 11) is 1.59. The van der Waals surface area contributed by atoms with Gasteiger partial charge < -0.3 is 4.74 Å². The molecular formula is C22H17BrN4O3S. The van der Waals surface area contributed by atoms with Gasteiger partial charge in [-0.1, -0.05) is 46.3 Å². The van der Waals surface area contributed by atoms with Crippen molar-refractivity contribution in [3.05, 3.63) is 96.4 Å². The summed E-state index contributed by atoms with van der Waals surface area (Å²) in [5.41, 5.74) is 1.89. The van der Waals surface area contributed by atoms with Crippen molar-refractivity contribution in [2.75, 3.05) is 7.11 Å². The minimum absolute atomic E-state index is 0.177. The third kappa shape index (κ3) is 3.39. The predicted molar refractivity (Wildman–Crippen MR) is 124 cm³/mol. The number of nitrogens with zero attached hydrogens (tertiary/aromatic N) is 4. The Balaban J connectivity index is 1.72. The number of para-hydroxylation sites is 1. The van der Waals surface area contributed by atoms with E-state index in [9.17, 15) is 9.59 Å². The van der Waals surface area contributed by atoms with Crippen molar-refractivity contribution in [3.63, 3.8) is 0 Å². The van der Waals surface area contributed by atoms with Gasteiger partial charge >= 0.3 is 5.69 Å². The molecule has 0 saturated carbocycles. The molecule has 0 bridgehead atoms. The van der Waals surface area contributed by atoms with Crippen molar-refractivity contribution in [1.82, 2.24) is 18.7 Å². The molecule has 7 nitrogen and oxygen atoms in total. The number of halogens is 1. The summed E-state index contributed by atoms with van der Waals surface area (Å²) in [6, 6.07) is 17.0. The Bertz CT molecular complexity index is 1530. The predicted octanol–water partition coefficient (Wildman–Crippen LogP) is 3.74. The second-order valence-corrected chi connectivity index (χ2v) is 8.87. The highest BCUT2D eigenvalue weighted by Gasteiger charge is 2.19. The van der Waals surface area contributed by atoms with Gasteiger partial charge in [0.25, 0.3) is 5.56 Å². The maximum atomic E-state index is 13.3. The molecule has 2 aromatic carbocycles. The summed E-state index contributed by atoms with van der Waals surface area (Å²) >= 11 is 4.74. The maximum Gasteiger partial charge on any atom is 0.352 e. The van der Waals surface area contributed by atoms with Crippen LogP contribution >= 0.6 is 27.3 Å². The standard InChI is InChI=1S/C22H17BrN4O3S/c1-30-18-5-3-2-4-15(18)13-25-20(28)19-17(10-11-31-19)27-21(25)24-26(22(27)29)12-14-6-8-16(23)9-7-14/h2-11H,12-13H2,1H3. The van der Waals surface area contributed by atoms with Gasteiger partial charge in [-0.25, -0.2) is 13.9 Å². The average molecular weight is 497 g/mol. The number of methoxy groups -OCH3 is 1. The monoisotopic (exact) mass is 496 g/mol. The minimum atomic E-state index is -0.282. The topological polar surface area (TPSA) is 70.5 Å². The lowest BCUT2D eigenvalue weighted by molar-refractivity contribution is 0.408. The molecule has 156 valence electrons. The minimum Gasteiger partial charge on any atom is -0.496 e. The second-order valence-electron chi connectivity index (χ2n) is 7.04. The number of rotatable bonds is 5. The summed E-state index contributed by atoms with van der Waals surface area (Å²) < 4.78 is 11.4. The van der Waals surface area contributed by atoms with Crippen LogP contribution in [0.3, 0.4) is 0 Å². The Labute approximate surface area is 188 Å². The molecule has 9 heteroatoms. The fourth-order valence-electron chi connectivity index (χ4n) is 3.65. The summed E-state index contributed by atoms with van der Waals surface area (Å²) in [6.45, 7) is 0.553. The van der Waals surface area contributed by atoms with E-state index in [4.69, 9.17) is 4.74 Å². The third-order valence-electron chi connectivity index (χ3n) is 5.15. The van der Waals surface area contributed by atoms with E-state index < -0.39 is 0 Å². The van der Waals surface area contributed by atoms with Gasteiger partial charge in [-0.05, 0) is 35.2 Å². The molecule has 31 heavy (non-hydrogen) atoms. The molecule has 0 aliphatic carbocycles. The van der Waals surface area contributed by atoms with Crippen LogP contribution in [0.25, 0.3) is 16.0 Å².